The highest BCUT2D eigenvalue weighted by atomic mass is 33.1. The van der Waals surface area contributed by atoms with E-state index in [1.165, 1.54) is 31.4 Å². The molecule has 0 amide bonds. The van der Waals surface area contributed by atoms with Crippen LogP contribution in [-0.2, 0) is 0 Å². The summed E-state index contributed by atoms with van der Waals surface area (Å²) in [4.78, 5) is 0. The third-order valence-electron chi connectivity index (χ3n) is 2.00. The predicted octanol–water partition coefficient (Wildman–Crippen LogP) is 3.17. The molecular weight excluding hydrogens is 186 g/mol. The smallest absolute Gasteiger partial charge is 0.0159 e. The van der Waals surface area contributed by atoms with E-state index in [9.17, 15) is 0 Å². The molecule has 12 heavy (non-hydrogen) atoms. The van der Waals surface area contributed by atoms with Gasteiger partial charge in [0.25, 0.3) is 0 Å². The van der Waals surface area contributed by atoms with Gasteiger partial charge in [0.2, 0.25) is 0 Å². The van der Waals surface area contributed by atoms with E-state index in [-0.39, 0.29) is 0 Å². The van der Waals surface area contributed by atoms with Crippen LogP contribution in [0.5, 0.6) is 0 Å². The van der Waals surface area contributed by atoms with E-state index in [1.54, 1.807) is 0 Å². The van der Waals surface area contributed by atoms with E-state index < -0.39 is 0 Å². The second-order valence-corrected chi connectivity index (χ2v) is 6.02. The molecule has 1 unspecified atom stereocenters. The third-order valence-corrected chi connectivity index (χ3v) is 5.01. The van der Waals surface area contributed by atoms with Crippen LogP contribution in [0, 0.1) is 0 Å². The maximum Gasteiger partial charge on any atom is 0.0159 e. The van der Waals surface area contributed by atoms with Crippen molar-refractivity contribution in [3.05, 3.63) is 12.3 Å². The van der Waals surface area contributed by atoms with Crippen LogP contribution >= 0.6 is 21.6 Å². The lowest BCUT2D eigenvalue weighted by atomic mass is 10.1. The van der Waals surface area contributed by atoms with Crippen LogP contribution in [0.4, 0.5) is 0 Å². The van der Waals surface area contributed by atoms with Gasteiger partial charge >= 0.3 is 0 Å². The van der Waals surface area contributed by atoms with Crippen molar-refractivity contribution in [3.8, 4) is 0 Å². The van der Waals surface area contributed by atoms with Crippen LogP contribution in [0.15, 0.2) is 12.3 Å². The normalized spacial score (nSPS) is 22.8. The summed E-state index contributed by atoms with van der Waals surface area (Å²) in [6.07, 6.45) is 6.31. The lowest BCUT2D eigenvalue weighted by Gasteiger charge is -2.06. The zero-order valence-corrected chi connectivity index (χ0v) is 9.05. The van der Waals surface area contributed by atoms with Gasteiger partial charge in [-0.05, 0) is 25.7 Å². The van der Waals surface area contributed by atoms with E-state index in [4.69, 9.17) is 5.73 Å². The molecule has 0 aliphatic carbocycles. The van der Waals surface area contributed by atoms with E-state index >= 15 is 0 Å². The average Bonchev–Trinajstić information content (AvgIpc) is 2.49. The van der Waals surface area contributed by atoms with E-state index in [0.717, 1.165) is 17.4 Å². The number of rotatable bonds is 5. The van der Waals surface area contributed by atoms with Crippen molar-refractivity contribution in [1.29, 1.82) is 0 Å². The van der Waals surface area contributed by atoms with Gasteiger partial charge < -0.3 is 5.73 Å². The van der Waals surface area contributed by atoms with Gasteiger partial charge in [0.1, 0.15) is 0 Å². The van der Waals surface area contributed by atoms with Crippen molar-refractivity contribution >= 4 is 21.6 Å². The summed E-state index contributed by atoms with van der Waals surface area (Å²) in [6.45, 7) is 3.69. The van der Waals surface area contributed by atoms with Crippen LogP contribution < -0.4 is 5.73 Å². The maximum atomic E-state index is 5.48. The molecule has 3 heteroatoms. The van der Waals surface area contributed by atoms with Gasteiger partial charge in [-0.2, -0.15) is 0 Å². The van der Waals surface area contributed by atoms with E-state index in [1.807, 2.05) is 10.8 Å². The van der Waals surface area contributed by atoms with Crippen molar-refractivity contribution in [2.75, 3.05) is 5.75 Å². The van der Waals surface area contributed by atoms with Gasteiger partial charge in [-0.1, -0.05) is 34.6 Å². The Morgan fingerprint density at radius 1 is 1.50 bits per heavy atom. The molecule has 1 heterocycles. The first kappa shape index (κ1) is 10.3. The Morgan fingerprint density at radius 3 is 2.92 bits per heavy atom. The zero-order valence-electron chi connectivity index (χ0n) is 7.42. The van der Waals surface area contributed by atoms with Crippen molar-refractivity contribution < 1.29 is 0 Å². The van der Waals surface area contributed by atoms with Crippen molar-refractivity contribution in [2.45, 2.75) is 37.4 Å². The molecule has 1 nitrogen and oxygen atoms in total. The number of nitrogens with two attached hydrogens (primary N) is 1. The lowest BCUT2D eigenvalue weighted by Crippen LogP contribution is -1.98. The SMILES string of the molecule is C=C(N)CCCCC1CCSS1. The molecule has 0 aromatic heterocycles. The summed E-state index contributed by atoms with van der Waals surface area (Å²) in [5.41, 5.74) is 6.32. The monoisotopic (exact) mass is 203 g/mol. The van der Waals surface area contributed by atoms with Crippen molar-refractivity contribution in [1.82, 2.24) is 0 Å². The molecule has 0 radical (unpaired) electrons. The zero-order chi connectivity index (χ0) is 8.81. The number of allylic oxidation sites excluding steroid dienone is 1. The first-order valence-electron chi connectivity index (χ1n) is 4.50. The molecule has 0 bridgehead atoms. The fraction of sp³-hybridized carbons (Fsp3) is 0.778. The largest absolute Gasteiger partial charge is 0.403 e. The quantitative estimate of drug-likeness (QED) is 0.549. The molecule has 70 valence electrons. The highest BCUT2D eigenvalue weighted by molar-refractivity contribution is 8.77. The Labute approximate surface area is 82.9 Å². The average molecular weight is 203 g/mol. The molecule has 1 atom stereocenters. The Morgan fingerprint density at radius 2 is 2.33 bits per heavy atom. The molecule has 1 aliphatic rings. The fourth-order valence-electron chi connectivity index (χ4n) is 1.29. The standard InChI is InChI=1S/C9H17NS2/c1-8(10)4-2-3-5-9-6-7-11-12-9/h9H,1-7,10H2. The third kappa shape index (κ3) is 4.31. The van der Waals surface area contributed by atoms with Gasteiger partial charge in [0.05, 0.1) is 0 Å². The summed E-state index contributed by atoms with van der Waals surface area (Å²) in [5, 5.41) is 0.918. The Balaban J connectivity index is 1.91. The van der Waals surface area contributed by atoms with Crippen LogP contribution in [0.25, 0.3) is 0 Å². The van der Waals surface area contributed by atoms with Gasteiger partial charge in [0.15, 0.2) is 0 Å². The van der Waals surface area contributed by atoms with Gasteiger partial charge in [0, 0.05) is 16.7 Å². The molecule has 1 rings (SSSR count). The Kier molecular flexibility index (Phi) is 5.00. The topological polar surface area (TPSA) is 26.0 Å². The molecule has 0 saturated carbocycles. The van der Waals surface area contributed by atoms with E-state index in [0.29, 0.717) is 0 Å². The molecule has 0 aromatic carbocycles. The minimum absolute atomic E-state index is 0.837. The van der Waals surface area contributed by atoms with Crippen LogP contribution in [0.1, 0.15) is 32.1 Å². The van der Waals surface area contributed by atoms with Crippen LogP contribution in [0.3, 0.4) is 0 Å². The summed E-state index contributed by atoms with van der Waals surface area (Å²) in [6, 6.07) is 0. The molecule has 0 aromatic rings. The van der Waals surface area contributed by atoms with E-state index in [2.05, 4.69) is 17.4 Å². The molecule has 2 N–H and O–H groups in total. The Bertz CT molecular complexity index is 141. The fourth-order valence-corrected chi connectivity index (χ4v) is 4.32. The first-order valence-corrected chi connectivity index (χ1v) is 6.89. The molecule has 1 fully saturated rings. The molecular formula is C9H17NS2. The summed E-state index contributed by atoms with van der Waals surface area (Å²) in [7, 11) is 4.09. The highest BCUT2D eigenvalue weighted by Gasteiger charge is 2.15. The van der Waals surface area contributed by atoms with Gasteiger partial charge in [-0.3, -0.25) is 0 Å². The van der Waals surface area contributed by atoms with Crippen LogP contribution in [0.2, 0.25) is 0 Å². The Hall–Kier alpha value is 0.240. The van der Waals surface area contributed by atoms with Crippen molar-refractivity contribution in [3.63, 3.8) is 0 Å². The highest BCUT2D eigenvalue weighted by Crippen LogP contribution is 2.39. The summed E-state index contributed by atoms with van der Waals surface area (Å²) >= 11 is 0. The van der Waals surface area contributed by atoms with Crippen LogP contribution in [-0.4, -0.2) is 11.0 Å². The maximum absolute atomic E-state index is 5.48. The van der Waals surface area contributed by atoms with Gasteiger partial charge in [-0.15, -0.1) is 0 Å². The minimum Gasteiger partial charge on any atom is -0.403 e. The second kappa shape index (κ2) is 5.81. The number of hydrogen-bond donors (Lipinski definition) is 1. The first-order chi connectivity index (χ1) is 5.79. The summed E-state index contributed by atoms with van der Waals surface area (Å²) < 4.78 is 0. The summed E-state index contributed by atoms with van der Waals surface area (Å²) in [5.74, 6) is 1.35. The van der Waals surface area contributed by atoms with Gasteiger partial charge in [-0.25, -0.2) is 0 Å². The van der Waals surface area contributed by atoms with Crippen molar-refractivity contribution in [2.24, 2.45) is 5.73 Å². The number of hydrogen-bond acceptors (Lipinski definition) is 3. The number of unbranched alkanes of at least 4 members (excludes halogenated alkanes) is 1. The molecule has 1 saturated heterocycles. The predicted molar refractivity (Wildman–Crippen MR) is 60.2 cm³/mol. The molecule has 1 aliphatic heterocycles. The molecule has 0 spiro atoms. The lowest BCUT2D eigenvalue weighted by molar-refractivity contribution is 0.647. The minimum atomic E-state index is 0.837. The second-order valence-electron chi connectivity index (χ2n) is 3.23.